The lowest BCUT2D eigenvalue weighted by Crippen LogP contribution is -2.48. The third-order valence-electron chi connectivity index (χ3n) is 3.07. The molecule has 2 rings (SSSR count). The summed E-state index contributed by atoms with van der Waals surface area (Å²) in [6.45, 7) is 6.15. The summed E-state index contributed by atoms with van der Waals surface area (Å²) in [6, 6.07) is -0.432. The molecule has 0 bridgehead atoms. The van der Waals surface area contributed by atoms with Gasteiger partial charge in [0.15, 0.2) is 11.6 Å². The lowest BCUT2D eigenvalue weighted by molar-refractivity contribution is -0.118. The minimum absolute atomic E-state index is 0.0691. The molecule has 6 nitrogen and oxygen atoms in total. The summed E-state index contributed by atoms with van der Waals surface area (Å²) in [5.74, 6) is -2.51. The molecule has 8 heteroatoms. The van der Waals surface area contributed by atoms with Crippen LogP contribution in [-0.4, -0.2) is 30.3 Å². The molecule has 1 aromatic carbocycles. The van der Waals surface area contributed by atoms with E-state index in [1.54, 1.807) is 20.8 Å². The van der Waals surface area contributed by atoms with Gasteiger partial charge in [0.05, 0.1) is 0 Å². The van der Waals surface area contributed by atoms with Crippen LogP contribution >= 0.6 is 0 Å². The van der Waals surface area contributed by atoms with Crippen molar-refractivity contribution in [2.75, 3.05) is 11.9 Å². The number of carbonyl (C=O) groups excluding carboxylic acids is 2. The van der Waals surface area contributed by atoms with Crippen molar-refractivity contribution < 1.29 is 27.8 Å². The molecule has 2 N–H and O–H groups in total. The number of nitrogens with one attached hydrogen (secondary N) is 2. The third kappa shape index (κ3) is 3.88. The van der Waals surface area contributed by atoms with Gasteiger partial charge in [-0.2, -0.15) is 0 Å². The Bertz CT molecular complexity index is 656. The Labute approximate surface area is 132 Å². The average molecular weight is 328 g/mol. The van der Waals surface area contributed by atoms with E-state index in [-0.39, 0.29) is 23.6 Å². The van der Waals surface area contributed by atoms with Gasteiger partial charge in [-0.05, 0) is 27.7 Å². The van der Waals surface area contributed by atoms with Gasteiger partial charge in [0, 0.05) is 11.6 Å². The van der Waals surface area contributed by atoms with E-state index in [1.165, 1.54) is 6.92 Å². The Hall–Kier alpha value is -2.38. The number of anilines is 1. The van der Waals surface area contributed by atoms with Crippen LogP contribution in [0.1, 0.15) is 26.3 Å². The van der Waals surface area contributed by atoms with Crippen molar-refractivity contribution in [1.29, 1.82) is 0 Å². The standard InChI is InChI=1S/C15H18F2N2O4/c1-7-8(16)5-9(17)11-12(7)22-6-10(13(20)19-11)18-14(21)23-15(2,3)4/h5,10H,6H2,1-4H3,(H,18,21)(H,19,20). The number of halogens is 2. The summed E-state index contributed by atoms with van der Waals surface area (Å²) in [5.41, 5.74) is -0.914. The minimum atomic E-state index is -1.10. The zero-order valence-corrected chi connectivity index (χ0v) is 13.3. The quantitative estimate of drug-likeness (QED) is 0.830. The molecule has 1 aliphatic rings. The molecule has 1 unspecified atom stereocenters. The first-order valence-electron chi connectivity index (χ1n) is 7.00. The van der Waals surface area contributed by atoms with Gasteiger partial charge >= 0.3 is 6.09 Å². The molecule has 23 heavy (non-hydrogen) atoms. The number of amides is 2. The van der Waals surface area contributed by atoms with Crippen LogP contribution in [0.4, 0.5) is 19.3 Å². The predicted molar refractivity (Wildman–Crippen MR) is 78.4 cm³/mol. The number of rotatable bonds is 1. The van der Waals surface area contributed by atoms with E-state index in [0.717, 1.165) is 0 Å². The van der Waals surface area contributed by atoms with Crippen molar-refractivity contribution in [2.24, 2.45) is 0 Å². The Morgan fingerprint density at radius 1 is 1.39 bits per heavy atom. The molecule has 2 amide bonds. The molecule has 0 aromatic heterocycles. The Balaban J connectivity index is 2.18. The second-order valence-electron chi connectivity index (χ2n) is 6.17. The molecule has 1 heterocycles. The lowest BCUT2D eigenvalue weighted by Gasteiger charge is -2.22. The van der Waals surface area contributed by atoms with E-state index in [0.29, 0.717) is 6.07 Å². The van der Waals surface area contributed by atoms with E-state index >= 15 is 0 Å². The largest absolute Gasteiger partial charge is 0.488 e. The Morgan fingerprint density at radius 2 is 2.04 bits per heavy atom. The molecule has 1 aromatic rings. The number of alkyl carbamates (subject to hydrolysis) is 1. The number of hydrogen-bond acceptors (Lipinski definition) is 4. The first-order chi connectivity index (χ1) is 10.6. The summed E-state index contributed by atoms with van der Waals surface area (Å²) in [7, 11) is 0. The molecule has 0 aliphatic carbocycles. The Morgan fingerprint density at radius 3 is 2.65 bits per heavy atom. The Kier molecular flexibility index (Phi) is 4.44. The second kappa shape index (κ2) is 6.02. The fourth-order valence-corrected chi connectivity index (χ4v) is 2.00. The summed E-state index contributed by atoms with van der Waals surface area (Å²) in [5, 5.41) is 4.64. The van der Waals surface area contributed by atoms with Gasteiger partial charge in [0.25, 0.3) is 5.91 Å². The molecule has 1 aliphatic heterocycles. The van der Waals surface area contributed by atoms with Crippen LogP contribution in [0, 0.1) is 18.6 Å². The van der Waals surface area contributed by atoms with Gasteiger partial charge in [-0.1, -0.05) is 0 Å². The highest BCUT2D eigenvalue weighted by molar-refractivity contribution is 5.98. The number of benzene rings is 1. The smallest absolute Gasteiger partial charge is 0.408 e. The maximum atomic E-state index is 13.8. The van der Waals surface area contributed by atoms with E-state index in [9.17, 15) is 18.4 Å². The highest BCUT2D eigenvalue weighted by Gasteiger charge is 2.31. The third-order valence-corrected chi connectivity index (χ3v) is 3.07. The normalized spacial score (nSPS) is 17.5. The molecule has 0 saturated carbocycles. The highest BCUT2D eigenvalue weighted by Crippen LogP contribution is 2.35. The lowest BCUT2D eigenvalue weighted by atomic mass is 10.1. The van der Waals surface area contributed by atoms with Gasteiger partial charge in [0.2, 0.25) is 0 Å². The predicted octanol–water partition coefficient (Wildman–Crippen LogP) is 2.50. The van der Waals surface area contributed by atoms with Gasteiger partial charge in [0.1, 0.15) is 29.8 Å². The number of ether oxygens (including phenoxy) is 2. The molecular weight excluding hydrogens is 310 g/mol. The van der Waals surface area contributed by atoms with E-state index in [4.69, 9.17) is 9.47 Å². The fourth-order valence-electron chi connectivity index (χ4n) is 2.00. The number of hydrogen-bond donors (Lipinski definition) is 2. The van der Waals surface area contributed by atoms with Crippen molar-refractivity contribution in [1.82, 2.24) is 5.32 Å². The molecular formula is C15H18F2N2O4. The maximum Gasteiger partial charge on any atom is 0.408 e. The molecule has 1 atom stereocenters. The monoisotopic (exact) mass is 328 g/mol. The van der Waals surface area contributed by atoms with Crippen LogP contribution in [-0.2, 0) is 9.53 Å². The molecule has 0 fully saturated rings. The fraction of sp³-hybridized carbons (Fsp3) is 0.467. The summed E-state index contributed by atoms with van der Waals surface area (Å²) in [6.07, 6.45) is -0.810. The summed E-state index contributed by atoms with van der Waals surface area (Å²) >= 11 is 0. The van der Waals surface area contributed by atoms with Crippen molar-refractivity contribution >= 4 is 17.7 Å². The van der Waals surface area contributed by atoms with Crippen LogP contribution in [0.5, 0.6) is 5.75 Å². The van der Waals surface area contributed by atoms with Crippen molar-refractivity contribution in [3.63, 3.8) is 0 Å². The zero-order valence-electron chi connectivity index (χ0n) is 13.3. The van der Waals surface area contributed by atoms with Crippen molar-refractivity contribution in [2.45, 2.75) is 39.3 Å². The first kappa shape index (κ1) is 17.0. The van der Waals surface area contributed by atoms with Crippen molar-refractivity contribution in [3.05, 3.63) is 23.3 Å². The van der Waals surface area contributed by atoms with Gasteiger partial charge in [-0.3, -0.25) is 4.79 Å². The SMILES string of the molecule is Cc1c(F)cc(F)c2c1OCC(NC(=O)OC(C)(C)C)C(=O)N2. The van der Waals surface area contributed by atoms with Crippen LogP contribution in [0.2, 0.25) is 0 Å². The molecule has 126 valence electrons. The van der Waals surface area contributed by atoms with Crippen LogP contribution in [0.25, 0.3) is 0 Å². The first-order valence-corrected chi connectivity index (χ1v) is 7.00. The van der Waals surface area contributed by atoms with Crippen LogP contribution in [0.15, 0.2) is 6.07 Å². The summed E-state index contributed by atoms with van der Waals surface area (Å²) < 4.78 is 37.8. The topological polar surface area (TPSA) is 76.7 Å². The number of carbonyl (C=O) groups is 2. The number of fused-ring (bicyclic) bond motifs is 1. The highest BCUT2D eigenvalue weighted by atomic mass is 19.1. The van der Waals surface area contributed by atoms with Gasteiger partial charge in [-0.25, -0.2) is 13.6 Å². The van der Waals surface area contributed by atoms with E-state index < -0.39 is 35.3 Å². The van der Waals surface area contributed by atoms with Crippen LogP contribution < -0.4 is 15.4 Å². The molecule has 0 saturated heterocycles. The average Bonchev–Trinajstić information content (AvgIpc) is 2.55. The van der Waals surface area contributed by atoms with E-state index in [2.05, 4.69) is 10.6 Å². The maximum absolute atomic E-state index is 13.8. The van der Waals surface area contributed by atoms with E-state index in [1.807, 2.05) is 0 Å². The second-order valence-corrected chi connectivity index (χ2v) is 6.17. The van der Waals surface area contributed by atoms with Crippen LogP contribution in [0.3, 0.4) is 0 Å². The summed E-state index contributed by atoms with van der Waals surface area (Å²) in [4.78, 5) is 23.8. The van der Waals surface area contributed by atoms with Crippen molar-refractivity contribution in [3.8, 4) is 5.75 Å². The zero-order chi connectivity index (χ0) is 17.4. The molecule has 0 radical (unpaired) electrons. The minimum Gasteiger partial charge on any atom is -0.488 e. The molecule has 0 spiro atoms. The van der Waals surface area contributed by atoms with Gasteiger partial charge in [-0.15, -0.1) is 0 Å². The van der Waals surface area contributed by atoms with Gasteiger partial charge < -0.3 is 20.1 Å².